The van der Waals surface area contributed by atoms with E-state index in [-0.39, 0.29) is 5.91 Å². The van der Waals surface area contributed by atoms with Crippen LogP contribution in [0, 0.1) is 6.92 Å². The maximum atomic E-state index is 12.7. The van der Waals surface area contributed by atoms with Crippen molar-refractivity contribution in [2.45, 2.75) is 6.92 Å². The average molecular weight is 388 g/mol. The maximum Gasteiger partial charge on any atom is 0.255 e. The lowest BCUT2D eigenvalue weighted by molar-refractivity contribution is 0.102. The van der Waals surface area contributed by atoms with Crippen LogP contribution in [0.2, 0.25) is 0 Å². The Kier molecular flexibility index (Phi) is 4.91. The highest BCUT2D eigenvalue weighted by atomic mass is 16.5. The number of oxazole rings is 1. The molecule has 4 aromatic rings. The molecule has 6 heteroatoms. The molecule has 6 nitrogen and oxygen atoms in total. The topological polar surface area (TPSA) is 73.6 Å². The van der Waals surface area contributed by atoms with Crippen molar-refractivity contribution >= 4 is 22.7 Å². The van der Waals surface area contributed by atoms with E-state index in [4.69, 9.17) is 13.9 Å². The first-order valence-corrected chi connectivity index (χ1v) is 9.08. The van der Waals surface area contributed by atoms with Gasteiger partial charge in [0.25, 0.3) is 5.91 Å². The van der Waals surface area contributed by atoms with Crippen molar-refractivity contribution in [3.63, 3.8) is 0 Å². The number of benzene rings is 3. The lowest BCUT2D eigenvalue weighted by Crippen LogP contribution is -2.12. The number of hydrogen-bond donors (Lipinski definition) is 1. The van der Waals surface area contributed by atoms with Crippen molar-refractivity contribution in [3.8, 4) is 23.0 Å². The van der Waals surface area contributed by atoms with Crippen molar-refractivity contribution in [3.05, 3.63) is 71.8 Å². The molecule has 0 bridgehead atoms. The molecule has 29 heavy (non-hydrogen) atoms. The van der Waals surface area contributed by atoms with Crippen LogP contribution >= 0.6 is 0 Å². The summed E-state index contributed by atoms with van der Waals surface area (Å²) in [5.41, 5.74) is 4.54. The van der Waals surface area contributed by atoms with Gasteiger partial charge in [-0.15, -0.1) is 0 Å². The first-order chi connectivity index (χ1) is 14.1. The summed E-state index contributed by atoms with van der Waals surface area (Å²) >= 11 is 0. The molecular weight excluding hydrogens is 368 g/mol. The molecule has 0 atom stereocenters. The second-order valence-electron chi connectivity index (χ2n) is 6.59. The largest absolute Gasteiger partial charge is 0.493 e. The minimum atomic E-state index is -0.253. The van der Waals surface area contributed by atoms with Crippen LogP contribution in [-0.4, -0.2) is 25.1 Å². The fourth-order valence-corrected chi connectivity index (χ4v) is 3.07. The Morgan fingerprint density at radius 3 is 2.59 bits per heavy atom. The highest BCUT2D eigenvalue weighted by Gasteiger charge is 2.13. The van der Waals surface area contributed by atoms with Crippen molar-refractivity contribution < 1.29 is 18.7 Å². The number of amides is 1. The third kappa shape index (κ3) is 3.78. The standard InChI is InChI=1S/C23H20N2O4/c1-14-7-9-19-18(11-14)25-23(29-19)16-5-4-6-17(12-16)24-22(26)15-8-10-20(27-2)21(13-15)28-3/h4-13H,1-3H3,(H,24,26). The third-order valence-corrected chi connectivity index (χ3v) is 4.56. The zero-order valence-corrected chi connectivity index (χ0v) is 16.4. The van der Waals surface area contributed by atoms with Gasteiger partial charge in [-0.3, -0.25) is 4.79 Å². The summed E-state index contributed by atoms with van der Waals surface area (Å²) in [5, 5.41) is 2.90. The monoisotopic (exact) mass is 388 g/mol. The summed E-state index contributed by atoms with van der Waals surface area (Å²) in [6.45, 7) is 2.01. The van der Waals surface area contributed by atoms with Gasteiger partial charge < -0.3 is 19.2 Å². The molecule has 0 aliphatic rings. The predicted octanol–water partition coefficient (Wildman–Crippen LogP) is 5.07. The molecule has 0 unspecified atom stereocenters. The average Bonchev–Trinajstić information content (AvgIpc) is 3.16. The lowest BCUT2D eigenvalue weighted by Gasteiger charge is -2.10. The Bertz CT molecular complexity index is 1200. The lowest BCUT2D eigenvalue weighted by atomic mass is 10.1. The van der Waals surface area contributed by atoms with Crippen LogP contribution in [0.5, 0.6) is 11.5 Å². The zero-order valence-electron chi connectivity index (χ0n) is 16.4. The molecule has 0 aliphatic carbocycles. The number of ether oxygens (including phenoxy) is 2. The minimum absolute atomic E-state index is 0.253. The Morgan fingerprint density at radius 1 is 0.966 bits per heavy atom. The number of anilines is 1. The number of carbonyl (C=O) groups excluding carboxylic acids is 1. The van der Waals surface area contributed by atoms with E-state index in [9.17, 15) is 4.79 Å². The van der Waals surface area contributed by atoms with Gasteiger partial charge in [-0.05, 0) is 61.0 Å². The Morgan fingerprint density at radius 2 is 1.79 bits per heavy atom. The molecular formula is C23H20N2O4. The quantitative estimate of drug-likeness (QED) is 0.516. The maximum absolute atomic E-state index is 12.7. The third-order valence-electron chi connectivity index (χ3n) is 4.56. The molecule has 1 heterocycles. The number of hydrogen-bond acceptors (Lipinski definition) is 5. The Labute approximate surface area is 168 Å². The first-order valence-electron chi connectivity index (χ1n) is 9.08. The van der Waals surface area contributed by atoms with Gasteiger partial charge in [0.15, 0.2) is 17.1 Å². The number of carbonyl (C=O) groups is 1. The van der Waals surface area contributed by atoms with Crippen LogP contribution in [0.15, 0.2) is 65.1 Å². The predicted molar refractivity (Wildman–Crippen MR) is 112 cm³/mol. The number of rotatable bonds is 5. The van der Waals surface area contributed by atoms with Crippen molar-refractivity contribution in [1.82, 2.24) is 4.98 Å². The summed E-state index contributed by atoms with van der Waals surface area (Å²) in [6, 6.07) is 18.3. The Balaban J connectivity index is 1.59. The SMILES string of the molecule is COc1ccc(C(=O)Nc2cccc(-c3nc4cc(C)ccc4o3)c2)cc1OC. The van der Waals surface area contributed by atoms with Gasteiger partial charge in [-0.2, -0.15) is 0 Å². The summed E-state index contributed by atoms with van der Waals surface area (Å²) in [6.07, 6.45) is 0. The number of aromatic nitrogens is 1. The van der Waals surface area contributed by atoms with E-state index in [2.05, 4.69) is 10.3 Å². The van der Waals surface area contributed by atoms with E-state index in [0.29, 0.717) is 28.6 Å². The first kappa shape index (κ1) is 18.6. The summed E-state index contributed by atoms with van der Waals surface area (Å²) in [5.74, 6) is 1.32. The number of nitrogens with zero attached hydrogens (tertiary/aromatic N) is 1. The van der Waals surface area contributed by atoms with Gasteiger partial charge >= 0.3 is 0 Å². The molecule has 0 saturated heterocycles. The van der Waals surface area contributed by atoms with Crippen LogP contribution in [0.1, 0.15) is 15.9 Å². The summed E-state index contributed by atoms with van der Waals surface area (Å²) in [7, 11) is 3.08. The van der Waals surface area contributed by atoms with Crippen LogP contribution in [0.4, 0.5) is 5.69 Å². The highest BCUT2D eigenvalue weighted by Crippen LogP contribution is 2.29. The smallest absolute Gasteiger partial charge is 0.255 e. The minimum Gasteiger partial charge on any atom is -0.493 e. The van der Waals surface area contributed by atoms with Gasteiger partial charge in [-0.1, -0.05) is 12.1 Å². The zero-order chi connectivity index (χ0) is 20.4. The molecule has 1 aromatic heterocycles. The summed E-state index contributed by atoms with van der Waals surface area (Å²) < 4.78 is 16.3. The van der Waals surface area contributed by atoms with Gasteiger partial charge in [0.05, 0.1) is 14.2 Å². The van der Waals surface area contributed by atoms with Crippen LogP contribution in [-0.2, 0) is 0 Å². The molecule has 0 radical (unpaired) electrons. The number of aryl methyl sites for hydroxylation is 1. The van der Waals surface area contributed by atoms with Gasteiger partial charge in [-0.25, -0.2) is 4.98 Å². The number of methoxy groups -OCH3 is 2. The van der Waals surface area contributed by atoms with Crippen LogP contribution < -0.4 is 14.8 Å². The van der Waals surface area contributed by atoms with Crippen molar-refractivity contribution in [1.29, 1.82) is 0 Å². The molecule has 0 saturated carbocycles. The molecule has 3 aromatic carbocycles. The molecule has 1 amide bonds. The van der Waals surface area contributed by atoms with E-state index in [1.807, 2.05) is 49.4 Å². The number of fused-ring (bicyclic) bond motifs is 1. The molecule has 0 aliphatic heterocycles. The van der Waals surface area contributed by atoms with E-state index in [0.717, 1.165) is 22.2 Å². The highest BCUT2D eigenvalue weighted by molar-refractivity contribution is 6.04. The van der Waals surface area contributed by atoms with Gasteiger partial charge in [0.2, 0.25) is 5.89 Å². The van der Waals surface area contributed by atoms with E-state index in [1.54, 1.807) is 25.3 Å². The van der Waals surface area contributed by atoms with Crippen LogP contribution in [0.25, 0.3) is 22.6 Å². The molecule has 4 rings (SSSR count). The summed E-state index contributed by atoms with van der Waals surface area (Å²) in [4.78, 5) is 17.2. The van der Waals surface area contributed by atoms with Gasteiger partial charge in [0, 0.05) is 16.8 Å². The molecule has 0 spiro atoms. The van der Waals surface area contributed by atoms with Gasteiger partial charge in [0.1, 0.15) is 5.52 Å². The fraction of sp³-hybridized carbons (Fsp3) is 0.130. The fourth-order valence-electron chi connectivity index (χ4n) is 3.07. The van der Waals surface area contributed by atoms with Crippen molar-refractivity contribution in [2.24, 2.45) is 0 Å². The molecule has 146 valence electrons. The molecule has 0 fully saturated rings. The van der Waals surface area contributed by atoms with E-state index < -0.39 is 0 Å². The second-order valence-corrected chi connectivity index (χ2v) is 6.59. The Hall–Kier alpha value is -3.80. The van der Waals surface area contributed by atoms with E-state index in [1.165, 1.54) is 7.11 Å². The normalized spacial score (nSPS) is 10.7. The van der Waals surface area contributed by atoms with Crippen molar-refractivity contribution in [2.75, 3.05) is 19.5 Å². The second kappa shape index (κ2) is 7.67. The number of nitrogens with one attached hydrogen (secondary N) is 1. The molecule has 1 N–H and O–H groups in total. The van der Waals surface area contributed by atoms with Crippen LogP contribution in [0.3, 0.4) is 0 Å². The van der Waals surface area contributed by atoms with E-state index >= 15 is 0 Å².